The highest BCUT2D eigenvalue weighted by molar-refractivity contribution is 6.35. The molecule has 0 amide bonds. The topological polar surface area (TPSA) is 12.0 Å². The number of hydrogen-bond acceptors (Lipinski definition) is 1. The molecule has 0 fully saturated rings. The maximum atomic E-state index is 6.16. The molecule has 0 aliphatic rings. The fourth-order valence-corrected chi connectivity index (χ4v) is 2.33. The first-order valence-corrected chi connectivity index (χ1v) is 6.39. The van der Waals surface area contributed by atoms with Gasteiger partial charge in [-0.15, -0.1) is 0 Å². The van der Waals surface area contributed by atoms with E-state index in [2.05, 4.69) is 19.2 Å². The second-order valence-corrected chi connectivity index (χ2v) is 5.23. The number of hydrogen-bond donors (Lipinski definition) is 1. The van der Waals surface area contributed by atoms with E-state index in [0.717, 1.165) is 28.6 Å². The molecule has 1 aromatic carbocycles. The smallest absolute Gasteiger partial charge is 0.0452 e. The third kappa shape index (κ3) is 3.65. The molecule has 1 N–H and O–H groups in total. The van der Waals surface area contributed by atoms with Crippen LogP contribution in [0.5, 0.6) is 0 Å². The van der Waals surface area contributed by atoms with Crippen LogP contribution in [0.3, 0.4) is 0 Å². The standard InChI is InChI=1S/C13H19Cl2N/c1-9(10(2)8-16-3)7-11-12(14)5-4-6-13(11)15/h4-6,9-10,16H,7-8H2,1-3H3. The highest BCUT2D eigenvalue weighted by Crippen LogP contribution is 2.28. The summed E-state index contributed by atoms with van der Waals surface area (Å²) >= 11 is 12.3. The number of halogens is 2. The summed E-state index contributed by atoms with van der Waals surface area (Å²) in [6.07, 6.45) is 0.932. The Morgan fingerprint density at radius 2 is 1.69 bits per heavy atom. The fourth-order valence-electron chi connectivity index (χ4n) is 1.77. The van der Waals surface area contributed by atoms with Gasteiger partial charge in [0.1, 0.15) is 0 Å². The van der Waals surface area contributed by atoms with Crippen LogP contribution in [-0.4, -0.2) is 13.6 Å². The summed E-state index contributed by atoms with van der Waals surface area (Å²) in [5.74, 6) is 1.17. The largest absolute Gasteiger partial charge is 0.319 e. The van der Waals surface area contributed by atoms with Gasteiger partial charge < -0.3 is 5.32 Å². The molecule has 2 unspecified atom stereocenters. The van der Waals surface area contributed by atoms with Crippen molar-refractivity contribution in [3.05, 3.63) is 33.8 Å². The highest BCUT2D eigenvalue weighted by atomic mass is 35.5. The van der Waals surface area contributed by atoms with Gasteiger partial charge in [0.05, 0.1) is 0 Å². The number of nitrogens with one attached hydrogen (secondary N) is 1. The molecule has 0 aromatic heterocycles. The zero-order chi connectivity index (χ0) is 12.1. The molecular formula is C13H19Cl2N. The van der Waals surface area contributed by atoms with Gasteiger partial charge in [-0.25, -0.2) is 0 Å². The Bertz CT molecular complexity index is 318. The van der Waals surface area contributed by atoms with E-state index in [1.54, 1.807) is 0 Å². The van der Waals surface area contributed by atoms with Crippen molar-refractivity contribution in [1.29, 1.82) is 0 Å². The quantitative estimate of drug-likeness (QED) is 0.842. The molecule has 3 heteroatoms. The van der Waals surface area contributed by atoms with Crippen molar-refractivity contribution in [2.24, 2.45) is 11.8 Å². The zero-order valence-corrected chi connectivity index (χ0v) is 11.6. The van der Waals surface area contributed by atoms with E-state index < -0.39 is 0 Å². The SMILES string of the molecule is CNCC(C)C(C)Cc1c(Cl)cccc1Cl. The fraction of sp³-hybridized carbons (Fsp3) is 0.538. The molecule has 0 saturated heterocycles. The third-order valence-electron chi connectivity index (χ3n) is 3.09. The molecule has 0 aliphatic heterocycles. The number of benzene rings is 1. The molecule has 0 heterocycles. The van der Waals surface area contributed by atoms with Crippen molar-refractivity contribution in [3.63, 3.8) is 0 Å². The van der Waals surface area contributed by atoms with Crippen LogP contribution >= 0.6 is 23.2 Å². The number of rotatable bonds is 5. The lowest BCUT2D eigenvalue weighted by Gasteiger charge is -2.20. The van der Waals surface area contributed by atoms with Gasteiger partial charge in [0.15, 0.2) is 0 Å². The van der Waals surface area contributed by atoms with Crippen LogP contribution in [0, 0.1) is 11.8 Å². The molecule has 0 bridgehead atoms. The molecule has 0 saturated carbocycles. The molecule has 1 aromatic rings. The Hall–Kier alpha value is -0.240. The van der Waals surface area contributed by atoms with Crippen molar-refractivity contribution < 1.29 is 0 Å². The van der Waals surface area contributed by atoms with E-state index in [1.165, 1.54) is 0 Å². The van der Waals surface area contributed by atoms with Gasteiger partial charge in [0, 0.05) is 10.0 Å². The minimum atomic E-state index is 0.560. The second-order valence-electron chi connectivity index (χ2n) is 4.42. The summed E-state index contributed by atoms with van der Waals surface area (Å²) < 4.78 is 0. The lowest BCUT2D eigenvalue weighted by Crippen LogP contribution is -2.23. The van der Waals surface area contributed by atoms with Crippen LogP contribution in [0.2, 0.25) is 10.0 Å². The van der Waals surface area contributed by atoms with Crippen molar-refractivity contribution >= 4 is 23.2 Å². The second kappa shape index (κ2) is 6.48. The first kappa shape index (κ1) is 13.8. The summed E-state index contributed by atoms with van der Waals surface area (Å²) in [7, 11) is 1.98. The normalized spacial score (nSPS) is 14.8. The molecule has 16 heavy (non-hydrogen) atoms. The maximum Gasteiger partial charge on any atom is 0.0452 e. The molecule has 0 spiro atoms. The average molecular weight is 260 g/mol. The van der Waals surface area contributed by atoms with E-state index in [0.29, 0.717) is 11.8 Å². The predicted molar refractivity (Wildman–Crippen MR) is 72.4 cm³/mol. The molecule has 90 valence electrons. The van der Waals surface area contributed by atoms with Gasteiger partial charge in [-0.05, 0) is 49.5 Å². The van der Waals surface area contributed by atoms with Crippen molar-refractivity contribution in [1.82, 2.24) is 5.32 Å². The van der Waals surface area contributed by atoms with E-state index in [4.69, 9.17) is 23.2 Å². The Kier molecular flexibility index (Phi) is 5.60. The lowest BCUT2D eigenvalue weighted by molar-refractivity contribution is 0.374. The van der Waals surface area contributed by atoms with Crippen molar-refractivity contribution in [3.8, 4) is 0 Å². The molecule has 0 radical (unpaired) electrons. The van der Waals surface area contributed by atoms with Crippen LogP contribution in [0.4, 0.5) is 0 Å². The third-order valence-corrected chi connectivity index (χ3v) is 3.79. The predicted octanol–water partition coefficient (Wildman–Crippen LogP) is 4.03. The van der Waals surface area contributed by atoms with E-state index in [1.807, 2.05) is 25.2 Å². The van der Waals surface area contributed by atoms with Crippen molar-refractivity contribution in [2.75, 3.05) is 13.6 Å². The summed E-state index contributed by atoms with van der Waals surface area (Å²) in [5.41, 5.74) is 1.07. The van der Waals surface area contributed by atoms with Crippen LogP contribution < -0.4 is 5.32 Å². The molecule has 2 atom stereocenters. The Morgan fingerprint density at radius 3 is 2.19 bits per heavy atom. The average Bonchev–Trinajstić information content (AvgIpc) is 2.23. The van der Waals surface area contributed by atoms with Gasteiger partial charge >= 0.3 is 0 Å². The first-order valence-electron chi connectivity index (χ1n) is 5.63. The Morgan fingerprint density at radius 1 is 1.12 bits per heavy atom. The first-order chi connectivity index (χ1) is 7.56. The molecule has 1 rings (SSSR count). The van der Waals surface area contributed by atoms with Gasteiger partial charge in [0.2, 0.25) is 0 Å². The summed E-state index contributed by atoms with van der Waals surface area (Å²) in [6, 6.07) is 5.69. The Balaban J connectivity index is 2.72. The zero-order valence-electron chi connectivity index (χ0n) is 10.1. The van der Waals surface area contributed by atoms with E-state index >= 15 is 0 Å². The monoisotopic (exact) mass is 259 g/mol. The van der Waals surface area contributed by atoms with Crippen LogP contribution in [0.1, 0.15) is 19.4 Å². The van der Waals surface area contributed by atoms with Crippen LogP contribution in [-0.2, 0) is 6.42 Å². The van der Waals surface area contributed by atoms with Gasteiger partial charge in [-0.1, -0.05) is 43.1 Å². The molecule has 0 aliphatic carbocycles. The minimum absolute atomic E-state index is 0.560. The minimum Gasteiger partial charge on any atom is -0.319 e. The molecular weight excluding hydrogens is 241 g/mol. The highest BCUT2D eigenvalue weighted by Gasteiger charge is 2.15. The van der Waals surface area contributed by atoms with Crippen LogP contribution in [0.15, 0.2) is 18.2 Å². The summed E-state index contributed by atoms with van der Waals surface area (Å²) in [6.45, 7) is 5.50. The Labute approximate surface area is 108 Å². The summed E-state index contributed by atoms with van der Waals surface area (Å²) in [4.78, 5) is 0. The van der Waals surface area contributed by atoms with Crippen LogP contribution in [0.25, 0.3) is 0 Å². The van der Waals surface area contributed by atoms with Gasteiger partial charge in [-0.3, -0.25) is 0 Å². The lowest BCUT2D eigenvalue weighted by atomic mass is 9.89. The van der Waals surface area contributed by atoms with E-state index in [-0.39, 0.29) is 0 Å². The van der Waals surface area contributed by atoms with Gasteiger partial charge in [-0.2, -0.15) is 0 Å². The van der Waals surface area contributed by atoms with Gasteiger partial charge in [0.25, 0.3) is 0 Å². The molecule has 1 nitrogen and oxygen atoms in total. The summed E-state index contributed by atoms with van der Waals surface area (Å²) in [5, 5.41) is 4.75. The maximum absolute atomic E-state index is 6.16. The van der Waals surface area contributed by atoms with Crippen molar-refractivity contribution in [2.45, 2.75) is 20.3 Å². The van der Waals surface area contributed by atoms with E-state index in [9.17, 15) is 0 Å².